The Kier molecular flexibility index (Phi) is 1.45. The highest BCUT2D eigenvalue weighted by atomic mass is 16.1. The number of fused-ring (bicyclic) bond motifs is 3. The van der Waals surface area contributed by atoms with Gasteiger partial charge in [-0.25, -0.2) is 4.99 Å². The van der Waals surface area contributed by atoms with E-state index in [2.05, 4.69) is 17.1 Å². The largest absolute Gasteiger partial charge is 0.273 e. The van der Waals surface area contributed by atoms with E-state index in [0.717, 1.165) is 16.8 Å². The minimum Gasteiger partial charge on any atom is -0.273 e. The van der Waals surface area contributed by atoms with Crippen LogP contribution < -0.4 is 0 Å². The van der Waals surface area contributed by atoms with Crippen LogP contribution in [0.4, 0.5) is 0 Å². The van der Waals surface area contributed by atoms with Gasteiger partial charge in [0.1, 0.15) is 0 Å². The van der Waals surface area contributed by atoms with Crippen LogP contribution in [0.1, 0.15) is 17.5 Å². The summed E-state index contributed by atoms with van der Waals surface area (Å²) in [4.78, 5) is 15.3. The van der Waals surface area contributed by atoms with Crippen LogP contribution in [0.5, 0.6) is 0 Å². The summed E-state index contributed by atoms with van der Waals surface area (Å²) < 4.78 is 0. The van der Waals surface area contributed by atoms with Crippen molar-refractivity contribution in [2.75, 3.05) is 0 Å². The van der Waals surface area contributed by atoms with E-state index < -0.39 is 0 Å². The minimum absolute atomic E-state index is 0.00588. The van der Waals surface area contributed by atoms with Crippen LogP contribution in [0.2, 0.25) is 0 Å². The standard InChI is InChI=1S/C12H9NO/c14-11-7-9-6-5-8-3-1-2-4-10(8)12(9)13-11/h1-6,9H,7H2. The predicted octanol–water partition coefficient (Wildman–Crippen LogP) is 2.05. The monoisotopic (exact) mass is 183 g/mol. The molecule has 1 amide bonds. The number of rotatable bonds is 0. The first-order valence-electron chi connectivity index (χ1n) is 4.73. The molecule has 0 aromatic heterocycles. The van der Waals surface area contributed by atoms with Crippen LogP contribution in [0.3, 0.4) is 0 Å². The van der Waals surface area contributed by atoms with E-state index in [4.69, 9.17) is 0 Å². The van der Waals surface area contributed by atoms with Crippen molar-refractivity contribution in [1.29, 1.82) is 0 Å². The van der Waals surface area contributed by atoms with Gasteiger partial charge in [0, 0.05) is 17.9 Å². The lowest BCUT2D eigenvalue weighted by Crippen LogP contribution is -2.13. The van der Waals surface area contributed by atoms with E-state index in [0.29, 0.717) is 6.42 Å². The maximum atomic E-state index is 11.2. The molecule has 0 bridgehead atoms. The number of allylic oxidation sites excluding steroid dienone is 1. The van der Waals surface area contributed by atoms with E-state index in [1.54, 1.807) is 0 Å². The second kappa shape index (κ2) is 2.64. The number of hydrogen-bond acceptors (Lipinski definition) is 1. The number of amides is 1. The molecule has 14 heavy (non-hydrogen) atoms. The summed E-state index contributed by atoms with van der Waals surface area (Å²) in [5.74, 6) is 0.226. The lowest BCUT2D eigenvalue weighted by Gasteiger charge is -2.15. The molecule has 2 heteroatoms. The molecule has 1 aromatic rings. The molecule has 0 spiro atoms. The average Bonchev–Trinajstić information content (AvgIpc) is 2.59. The Morgan fingerprint density at radius 2 is 2.14 bits per heavy atom. The third kappa shape index (κ3) is 0.970. The number of carbonyl (C=O) groups is 1. The van der Waals surface area contributed by atoms with Gasteiger partial charge in [0.05, 0.1) is 5.71 Å². The Morgan fingerprint density at radius 1 is 1.29 bits per heavy atom. The molecular weight excluding hydrogens is 174 g/mol. The van der Waals surface area contributed by atoms with Gasteiger partial charge < -0.3 is 0 Å². The number of benzene rings is 1. The highest BCUT2D eigenvalue weighted by Gasteiger charge is 2.28. The Morgan fingerprint density at radius 3 is 3.07 bits per heavy atom. The Bertz CT molecular complexity index is 471. The van der Waals surface area contributed by atoms with E-state index >= 15 is 0 Å². The molecule has 1 aliphatic heterocycles. The molecule has 0 fully saturated rings. The highest BCUT2D eigenvalue weighted by Crippen LogP contribution is 2.29. The van der Waals surface area contributed by atoms with Crippen molar-refractivity contribution in [3.8, 4) is 0 Å². The molecule has 0 saturated heterocycles. The fraction of sp³-hybridized carbons (Fsp3) is 0.167. The summed E-state index contributed by atoms with van der Waals surface area (Å²) in [6, 6.07) is 8.07. The lowest BCUT2D eigenvalue weighted by atomic mass is 9.87. The molecule has 1 heterocycles. The van der Waals surface area contributed by atoms with Gasteiger partial charge in [-0.3, -0.25) is 4.79 Å². The second-order valence-corrected chi connectivity index (χ2v) is 3.65. The summed E-state index contributed by atoms with van der Waals surface area (Å²) in [7, 11) is 0. The Labute approximate surface area is 82.0 Å². The molecule has 1 unspecified atom stereocenters. The predicted molar refractivity (Wildman–Crippen MR) is 55.1 cm³/mol. The summed E-state index contributed by atoms with van der Waals surface area (Å²) >= 11 is 0. The molecule has 1 aliphatic carbocycles. The molecule has 2 nitrogen and oxygen atoms in total. The normalized spacial score (nSPS) is 23.0. The van der Waals surface area contributed by atoms with Gasteiger partial charge in [-0.2, -0.15) is 0 Å². The van der Waals surface area contributed by atoms with Crippen LogP contribution in [-0.2, 0) is 4.79 Å². The van der Waals surface area contributed by atoms with E-state index in [-0.39, 0.29) is 11.8 Å². The third-order valence-corrected chi connectivity index (χ3v) is 2.74. The quantitative estimate of drug-likeness (QED) is 0.605. The van der Waals surface area contributed by atoms with Crippen molar-refractivity contribution in [2.24, 2.45) is 10.9 Å². The van der Waals surface area contributed by atoms with Gasteiger partial charge in [0.2, 0.25) is 5.91 Å². The fourth-order valence-corrected chi connectivity index (χ4v) is 2.06. The van der Waals surface area contributed by atoms with Crippen molar-refractivity contribution in [1.82, 2.24) is 0 Å². The number of hydrogen-bond donors (Lipinski definition) is 0. The van der Waals surface area contributed by atoms with Gasteiger partial charge >= 0.3 is 0 Å². The van der Waals surface area contributed by atoms with Crippen molar-refractivity contribution in [3.63, 3.8) is 0 Å². The average molecular weight is 183 g/mol. The van der Waals surface area contributed by atoms with Gasteiger partial charge in [0.15, 0.2) is 0 Å². The van der Waals surface area contributed by atoms with E-state index in [1.807, 2.05) is 24.3 Å². The van der Waals surface area contributed by atoms with Crippen LogP contribution in [0, 0.1) is 5.92 Å². The van der Waals surface area contributed by atoms with Crippen molar-refractivity contribution >= 4 is 17.7 Å². The summed E-state index contributed by atoms with van der Waals surface area (Å²) in [6.45, 7) is 0. The Hall–Kier alpha value is -1.70. The van der Waals surface area contributed by atoms with Crippen LogP contribution >= 0.6 is 0 Å². The third-order valence-electron chi connectivity index (χ3n) is 2.74. The van der Waals surface area contributed by atoms with Gasteiger partial charge in [-0.05, 0) is 5.56 Å². The summed E-state index contributed by atoms with van der Waals surface area (Å²) in [5, 5.41) is 0. The van der Waals surface area contributed by atoms with Gasteiger partial charge in [-0.15, -0.1) is 0 Å². The zero-order chi connectivity index (χ0) is 9.54. The van der Waals surface area contributed by atoms with E-state index in [1.165, 1.54) is 0 Å². The number of aliphatic imine (C=N–C) groups is 1. The molecule has 2 aliphatic rings. The zero-order valence-electron chi connectivity index (χ0n) is 7.60. The van der Waals surface area contributed by atoms with Gasteiger partial charge in [-0.1, -0.05) is 36.4 Å². The van der Waals surface area contributed by atoms with Gasteiger partial charge in [0.25, 0.3) is 0 Å². The minimum atomic E-state index is 0.00588. The first-order chi connectivity index (χ1) is 6.84. The summed E-state index contributed by atoms with van der Waals surface area (Å²) in [5.41, 5.74) is 3.23. The van der Waals surface area contributed by atoms with Crippen molar-refractivity contribution in [3.05, 3.63) is 41.5 Å². The smallest absolute Gasteiger partial charge is 0.246 e. The molecule has 1 atom stereocenters. The van der Waals surface area contributed by atoms with Crippen molar-refractivity contribution < 1.29 is 4.79 Å². The van der Waals surface area contributed by atoms with Crippen LogP contribution in [0.25, 0.3) is 6.08 Å². The second-order valence-electron chi connectivity index (χ2n) is 3.65. The maximum absolute atomic E-state index is 11.2. The van der Waals surface area contributed by atoms with E-state index in [9.17, 15) is 4.79 Å². The zero-order valence-corrected chi connectivity index (χ0v) is 7.60. The molecule has 3 rings (SSSR count). The Balaban J connectivity index is 2.23. The first kappa shape index (κ1) is 7.68. The topological polar surface area (TPSA) is 29.4 Å². The number of carbonyl (C=O) groups excluding carboxylic acids is 1. The molecule has 0 radical (unpaired) electrons. The molecule has 0 N–H and O–H groups in total. The van der Waals surface area contributed by atoms with Crippen LogP contribution in [0.15, 0.2) is 35.3 Å². The van der Waals surface area contributed by atoms with Crippen molar-refractivity contribution in [2.45, 2.75) is 6.42 Å². The fourth-order valence-electron chi connectivity index (χ4n) is 2.06. The molecule has 0 saturated carbocycles. The number of nitrogens with zero attached hydrogens (tertiary/aromatic N) is 1. The highest BCUT2D eigenvalue weighted by molar-refractivity contribution is 6.16. The maximum Gasteiger partial charge on any atom is 0.246 e. The first-order valence-corrected chi connectivity index (χ1v) is 4.73. The SMILES string of the molecule is O=C1CC2C=Cc3ccccc3C2=N1. The van der Waals surface area contributed by atoms with Crippen LogP contribution in [-0.4, -0.2) is 11.6 Å². The summed E-state index contributed by atoms with van der Waals surface area (Å²) in [6.07, 6.45) is 4.70. The molecule has 1 aromatic carbocycles. The molecule has 68 valence electrons. The lowest BCUT2D eigenvalue weighted by molar-refractivity contribution is -0.117. The molecular formula is C12H9NO.